The molecule has 34 heavy (non-hydrogen) atoms. The van der Waals surface area contributed by atoms with Crippen LogP contribution in [-0.2, 0) is 4.43 Å². The van der Waals surface area contributed by atoms with Crippen molar-refractivity contribution < 1.29 is 52.0 Å². The number of carbonyl (C=O) groups excluding carboxylic acids is 1. The van der Waals surface area contributed by atoms with E-state index in [9.17, 15) is 9.90 Å². The Morgan fingerprint density at radius 2 is 1.47 bits per heavy atom. The summed E-state index contributed by atoms with van der Waals surface area (Å²) in [6, 6.07) is 27.8. The van der Waals surface area contributed by atoms with Crippen LogP contribution in [0.4, 0.5) is 0 Å². The molecular weight excluding hydrogens is 426 g/mol. The largest absolute Gasteiger partial charge is 1.00 e. The minimum atomic E-state index is -1.52. The van der Waals surface area contributed by atoms with Crippen LogP contribution in [0.3, 0.4) is 0 Å². The van der Waals surface area contributed by atoms with Crippen molar-refractivity contribution in [2.75, 3.05) is 0 Å². The first-order valence-corrected chi connectivity index (χ1v) is 13.7. The third-order valence-corrected chi connectivity index (χ3v) is 7.32. The summed E-state index contributed by atoms with van der Waals surface area (Å²) in [5.41, 5.74) is 2.86. The summed E-state index contributed by atoms with van der Waals surface area (Å²) in [5.74, 6) is 0. The van der Waals surface area contributed by atoms with Crippen molar-refractivity contribution in [1.29, 1.82) is 0 Å². The smallest absolute Gasteiger partial charge is 0.850 e. The van der Waals surface area contributed by atoms with Crippen molar-refractivity contribution in [2.24, 2.45) is 0 Å². The number of fused-ring (bicyclic) bond motifs is 1. The van der Waals surface area contributed by atoms with Gasteiger partial charge in [-0.15, -0.1) is 6.10 Å². The predicted molar refractivity (Wildman–Crippen MR) is 137 cm³/mol. The summed E-state index contributed by atoms with van der Waals surface area (Å²) in [6.07, 6.45) is 0.495. The summed E-state index contributed by atoms with van der Waals surface area (Å²) < 4.78 is 5.96. The molecule has 1 aliphatic rings. The van der Waals surface area contributed by atoms with Crippen molar-refractivity contribution in [3.8, 4) is 0 Å². The Labute approximate surface area is 232 Å². The first-order chi connectivity index (χ1) is 14.8. The van der Waals surface area contributed by atoms with Crippen LogP contribution in [-0.4, -0.2) is 14.6 Å². The van der Waals surface area contributed by atoms with Gasteiger partial charge in [0.2, 0.25) is 8.32 Å². The molecule has 3 aromatic rings. The SMILES string of the molecule is C.CC.CC([O-])c1[c-]cccc1.CC1O[Si](C)(C)c2ccccc21.O=Cc1ccccc1.[Li+].[Li+]. The Morgan fingerprint density at radius 3 is 1.88 bits per heavy atom. The van der Waals surface area contributed by atoms with Crippen LogP contribution in [0.1, 0.15) is 68.8 Å². The van der Waals surface area contributed by atoms with Gasteiger partial charge in [0.05, 0.1) is 6.10 Å². The molecule has 0 spiro atoms. The number of hydrogen-bond acceptors (Lipinski definition) is 3. The Morgan fingerprint density at radius 1 is 0.941 bits per heavy atom. The van der Waals surface area contributed by atoms with Crippen LogP contribution in [0.15, 0.2) is 78.9 Å². The van der Waals surface area contributed by atoms with E-state index in [-0.39, 0.29) is 45.1 Å². The van der Waals surface area contributed by atoms with Gasteiger partial charge < -0.3 is 9.53 Å². The summed E-state index contributed by atoms with van der Waals surface area (Å²) >= 11 is 0. The Hall–Kier alpha value is -1.34. The van der Waals surface area contributed by atoms with Gasteiger partial charge in [-0.25, -0.2) is 0 Å². The Bertz CT molecular complexity index is 888. The number of carbonyl (C=O) groups is 1. The maximum absolute atomic E-state index is 10.7. The maximum atomic E-state index is 10.7. The van der Waals surface area contributed by atoms with E-state index in [1.165, 1.54) is 10.8 Å². The summed E-state index contributed by atoms with van der Waals surface area (Å²) in [7, 11) is -1.52. The van der Waals surface area contributed by atoms with Gasteiger partial charge in [0, 0.05) is 5.56 Å². The molecule has 174 valence electrons. The van der Waals surface area contributed by atoms with Crippen LogP contribution in [0.2, 0.25) is 13.1 Å². The topological polar surface area (TPSA) is 49.4 Å². The van der Waals surface area contributed by atoms with Gasteiger partial charge in [0.1, 0.15) is 6.29 Å². The van der Waals surface area contributed by atoms with Crippen LogP contribution < -0.4 is 48.0 Å². The molecule has 0 saturated heterocycles. The molecule has 0 radical (unpaired) electrons. The molecule has 0 fully saturated rings. The summed E-state index contributed by atoms with van der Waals surface area (Å²) in [6.45, 7) is 12.3. The van der Waals surface area contributed by atoms with E-state index < -0.39 is 14.4 Å². The van der Waals surface area contributed by atoms with Gasteiger partial charge in [-0.2, -0.15) is 35.9 Å². The van der Waals surface area contributed by atoms with Crippen LogP contribution in [0, 0.1) is 6.07 Å². The van der Waals surface area contributed by atoms with E-state index in [2.05, 4.69) is 50.3 Å². The molecule has 0 aromatic heterocycles. The second-order valence-corrected chi connectivity index (χ2v) is 11.1. The molecule has 4 rings (SSSR count). The van der Waals surface area contributed by atoms with E-state index in [4.69, 9.17) is 4.43 Å². The van der Waals surface area contributed by atoms with Crippen molar-refractivity contribution in [1.82, 2.24) is 0 Å². The van der Waals surface area contributed by atoms with E-state index in [1.54, 1.807) is 31.2 Å². The molecule has 2 atom stereocenters. The molecule has 6 heteroatoms. The van der Waals surface area contributed by atoms with Gasteiger partial charge in [0.15, 0.2) is 0 Å². The third-order valence-electron chi connectivity index (χ3n) is 4.63. The fourth-order valence-corrected chi connectivity index (χ4v) is 5.78. The second kappa shape index (κ2) is 19.9. The van der Waals surface area contributed by atoms with Crippen molar-refractivity contribution in [3.63, 3.8) is 0 Å². The van der Waals surface area contributed by atoms with E-state index in [0.717, 1.165) is 17.4 Å². The molecule has 0 N–H and O–H groups in total. The van der Waals surface area contributed by atoms with E-state index in [0.29, 0.717) is 6.10 Å². The fourth-order valence-electron chi connectivity index (χ4n) is 3.16. The Balaban J connectivity index is -0.000000400. The molecule has 3 nitrogen and oxygen atoms in total. The number of hydrogen-bond donors (Lipinski definition) is 0. The van der Waals surface area contributed by atoms with Gasteiger partial charge in [-0.05, 0) is 30.8 Å². The fraction of sp³-hybridized carbons (Fsp3) is 0.321. The number of aldehydes is 1. The van der Waals surface area contributed by atoms with E-state index >= 15 is 0 Å². The molecule has 1 aliphatic heterocycles. The first-order valence-electron chi connectivity index (χ1n) is 10.7. The zero-order valence-corrected chi connectivity index (χ0v) is 22.5. The second-order valence-electron chi connectivity index (χ2n) is 7.35. The molecule has 0 amide bonds. The van der Waals surface area contributed by atoms with Gasteiger partial charge in [-0.3, -0.25) is 4.79 Å². The molecule has 2 unspecified atom stereocenters. The number of rotatable bonds is 2. The first kappa shape index (κ1) is 37.2. The van der Waals surface area contributed by atoms with Crippen LogP contribution >= 0.6 is 0 Å². The maximum Gasteiger partial charge on any atom is 1.00 e. The average Bonchev–Trinajstić information content (AvgIpc) is 3.05. The summed E-state index contributed by atoms with van der Waals surface area (Å²) in [4.78, 5) is 10.0. The van der Waals surface area contributed by atoms with E-state index in [1.807, 2.05) is 44.2 Å². The quantitative estimate of drug-likeness (QED) is 0.311. The zero-order valence-electron chi connectivity index (χ0n) is 21.5. The Kier molecular flexibility index (Phi) is 21.8. The van der Waals surface area contributed by atoms with Crippen LogP contribution in [0.25, 0.3) is 0 Å². The molecular formula is C28H38Li2O3Si. The molecule has 0 saturated carbocycles. The van der Waals surface area contributed by atoms with Gasteiger partial charge >= 0.3 is 37.7 Å². The average molecular weight is 465 g/mol. The molecule has 1 heterocycles. The molecule has 0 bridgehead atoms. The van der Waals surface area contributed by atoms with Crippen LogP contribution in [0.5, 0.6) is 0 Å². The minimum absolute atomic E-state index is 0. The standard InChI is InChI=1S/C10H14OSi.C8H8O.C7H6O.C2H6.CH4.2Li/c1-8-9-6-4-5-7-10(9)12(2,3)11-8;1-7(9)8-5-3-2-4-6-8;8-6-7-4-2-1-3-5-7;1-2;;;/h4-8H,1-3H3;2-5,7H,1H3;1-6H;1-2H3;1H4;;/q;-2;;;;2*+1. The van der Waals surface area contributed by atoms with Gasteiger partial charge in [0.25, 0.3) is 0 Å². The zero-order chi connectivity index (χ0) is 23.3. The van der Waals surface area contributed by atoms with Gasteiger partial charge in [-0.1, -0.05) is 82.8 Å². The number of benzene rings is 3. The predicted octanol–water partition coefficient (Wildman–Crippen LogP) is 0.267. The van der Waals surface area contributed by atoms with Crippen molar-refractivity contribution in [2.45, 2.75) is 60.4 Å². The summed E-state index contributed by atoms with van der Waals surface area (Å²) in [5, 5.41) is 12.2. The minimum Gasteiger partial charge on any atom is -0.850 e. The normalized spacial score (nSPS) is 14.6. The van der Waals surface area contributed by atoms with Crippen molar-refractivity contribution in [3.05, 3.63) is 102 Å². The third kappa shape index (κ3) is 12.4. The molecule has 3 aromatic carbocycles. The molecule has 0 aliphatic carbocycles. The van der Waals surface area contributed by atoms with Crippen molar-refractivity contribution >= 4 is 19.8 Å². The monoisotopic (exact) mass is 464 g/mol.